The molecule has 34 heavy (non-hydrogen) atoms. The molecule has 9 nitrogen and oxygen atoms in total. The fourth-order valence-corrected chi connectivity index (χ4v) is 4.29. The molecule has 0 saturated heterocycles. The molecule has 1 atom stereocenters. The number of amides is 2. The highest BCUT2D eigenvalue weighted by atomic mass is 32.1. The average molecular weight is 477 g/mol. The van der Waals surface area contributed by atoms with Gasteiger partial charge in [-0.1, -0.05) is 28.6 Å². The highest BCUT2D eigenvalue weighted by Gasteiger charge is 2.40. The monoisotopic (exact) mass is 476 g/mol. The zero-order valence-electron chi connectivity index (χ0n) is 18.6. The van der Waals surface area contributed by atoms with Crippen LogP contribution in [-0.2, 0) is 0 Å². The molecule has 0 spiro atoms. The second kappa shape index (κ2) is 8.71. The molecular weight excluding hydrogens is 456 g/mol. The van der Waals surface area contributed by atoms with Crippen molar-refractivity contribution in [3.63, 3.8) is 0 Å². The molecule has 0 radical (unpaired) electrons. The molecule has 1 aromatic carbocycles. The van der Waals surface area contributed by atoms with Gasteiger partial charge in [0, 0.05) is 12.1 Å². The van der Waals surface area contributed by atoms with Crippen LogP contribution in [0.5, 0.6) is 16.8 Å². The number of fused-ring (bicyclic) bond motifs is 1. The Morgan fingerprint density at radius 1 is 0.971 bits per heavy atom. The lowest BCUT2D eigenvalue weighted by atomic mass is 10.1. The van der Waals surface area contributed by atoms with Gasteiger partial charge in [-0.15, -0.1) is 0 Å². The highest BCUT2D eigenvalue weighted by Crippen LogP contribution is 2.36. The summed E-state index contributed by atoms with van der Waals surface area (Å²) >= 11 is 1.28. The molecule has 3 aromatic heterocycles. The Morgan fingerprint density at radius 2 is 1.71 bits per heavy atom. The van der Waals surface area contributed by atoms with Crippen molar-refractivity contribution >= 4 is 23.2 Å². The molecule has 0 saturated carbocycles. The topological polar surface area (TPSA) is 108 Å². The normalized spacial score (nSPS) is 13.9. The molecule has 4 aromatic rings. The minimum absolute atomic E-state index is 0.0351. The number of aromatic nitrogens is 3. The first-order chi connectivity index (χ1) is 16.4. The molecule has 0 N–H and O–H groups in total. The van der Waals surface area contributed by atoms with Crippen molar-refractivity contribution in [2.75, 3.05) is 0 Å². The summed E-state index contributed by atoms with van der Waals surface area (Å²) in [6.07, 6.45) is 3.22. The molecular formula is C24H20N4O5S. The van der Waals surface area contributed by atoms with Crippen molar-refractivity contribution in [3.8, 4) is 27.4 Å². The summed E-state index contributed by atoms with van der Waals surface area (Å²) in [5.74, 6) is 0.739. The third kappa shape index (κ3) is 4.03. The van der Waals surface area contributed by atoms with E-state index in [1.807, 2.05) is 13.8 Å². The largest absolute Gasteiger partial charge is 0.475 e. The van der Waals surface area contributed by atoms with Gasteiger partial charge in [-0.2, -0.15) is 0 Å². The average Bonchev–Trinajstić information content (AvgIpc) is 3.54. The van der Waals surface area contributed by atoms with Gasteiger partial charge in [0.1, 0.15) is 11.4 Å². The first-order valence-corrected chi connectivity index (χ1v) is 11.4. The number of nitrogens with zero attached hydrogens (tertiary/aromatic N) is 4. The van der Waals surface area contributed by atoms with E-state index in [9.17, 15) is 9.59 Å². The maximum atomic E-state index is 12.8. The molecule has 0 aliphatic carbocycles. The highest BCUT2D eigenvalue weighted by molar-refractivity contribution is 7.16. The third-order valence-corrected chi connectivity index (χ3v) is 6.06. The predicted molar refractivity (Wildman–Crippen MR) is 123 cm³/mol. The van der Waals surface area contributed by atoms with Crippen molar-refractivity contribution in [2.24, 2.45) is 0 Å². The maximum Gasteiger partial charge on any atom is 0.279 e. The van der Waals surface area contributed by atoms with E-state index in [0.29, 0.717) is 44.3 Å². The van der Waals surface area contributed by atoms with Crippen LogP contribution < -0.4 is 9.47 Å². The number of benzene rings is 1. The number of hydrogen-bond donors (Lipinski definition) is 0. The molecule has 1 aliphatic rings. The van der Waals surface area contributed by atoms with Crippen LogP contribution in [0.2, 0.25) is 0 Å². The van der Waals surface area contributed by atoms with Gasteiger partial charge in [0.25, 0.3) is 17.0 Å². The van der Waals surface area contributed by atoms with E-state index < -0.39 is 6.04 Å². The van der Waals surface area contributed by atoms with Crippen molar-refractivity contribution in [2.45, 2.75) is 32.9 Å². The third-order valence-electron chi connectivity index (χ3n) is 5.16. The van der Waals surface area contributed by atoms with Crippen molar-refractivity contribution in [3.05, 3.63) is 71.7 Å². The minimum Gasteiger partial charge on any atom is -0.475 e. The fourth-order valence-electron chi connectivity index (χ4n) is 3.55. The molecule has 4 heterocycles. The smallest absolute Gasteiger partial charge is 0.279 e. The molecule has 2 amide bonds. The van der Waals surface area contributed by atoms with Crippen LogP contribution in [0.1, 0.15) is 53.3 Å². The van der Waals surface area contributed by atoms with E-state index in [2.05, 4.69) is 15.1 Å². The van der Waals surface area contributed by atoms with Gasteiger partial charge in [-0.3, -0.25) is 14.5 Å². The van der Waals surface area contributed by atoms with Crippen LogP contribution in [-0.4, -0.2) is 37.9 Å². The minimum atomic E-state index is -0.616. The van der Waals surface area contributed by atoms with E-state index in [1.165, 1.54) is 16.2 Å². The lowest BCUT2D eigenvalue weighted by molar-refractivity contribution is 0.0573. The summed E-state index contributed by atoms with van der Waals surface area (Å²) in [6, 6.07) is 11.3. The molecule has 10 heteroatoms. The Hall–Kier alpha value is -4.05. The number of carbonyl (C=O) groups excluding carboxylic acids is 2. The number of imide groups is 1. The number of hydrogen-bond acceptors (Lipinski definition) is 9. The van der Waals surface area contributed by atoms with Crippen molar-refractivity contribution in [1.29, 1.82) is 0 Å². The molecule has 0 fully saturated rings. The van der Waals surface area contributed by atoms with Crippen LogP contribution in [0.25, 0.3) is 10.6 Å². The van der Waals surface area contributed by atoms with Gasteiger partial charge in [0.05, 0.1) is 40.5 Å². The van der Waals surface area contributed by atoms with Crippen LogP contribution >= 0.6 is 11.3 Å². The predicted octanol–water partition coefficient (Wildman–Crippen LogP) is 5.13. The zero-order chi connectivity index (χ0) is 23.8. The standard InChI is InChI=1S/C24H20N4O5S/c1-13(2)31-21-9-8-15(11-25-21)32-24-26-12-20(34-24)18-10-19(33-27-18)14(3)28-22(29)16-6-4-5-7-17(16)23(28)30/h4-14H,1-3H3. The number of pyridine rings is 1. The first-order valence-electron chi connectivity index (χ1n) is 10.6. The Bertz CT molecular complexity index is 1330. The van der Waals surface area contributed by atoms with Crippen LogP contribution in [0, 0.1) is 0 Å². The summed E-state index contributed by atoms with van der Waals surface area (Å²) in [5.41, 5.74) is 1.31. The van der Waals surface area contributed by atoms with Crippen molar-refractivity contribution < 1.29 is 23.6 Å². The summed E-state index contributed by atoms with van der Waals surface area (Å²) in [4.78, 5) is 35.9. The van der Waals surface area contributed by atoms with E-state index >= 15 is 0 Å². The lowest BCUT2D eigenvalue weighted by Gasteiger charge is -2.19. The second-order valence-corrected chi connectivity index (χ2v) is 8.90. The lowest BCUT2D eigenvalue weighted by Crippen LogP contribution is -2.32. The fraction of sp³-hybridized carbons (Fsp3) is 0.208. The Labute approximate surface area is 199 Å². The van der Waals surface area contributed by atoms with Gasteiger partial charge in [0.2, 0.25) is 5.88 Å². The first kappa shape index (κ1) is 21.8. The van der Waals surface area contributed by atoms with E-state index in [-0.39, 0.29) is 17.9 Å². The van der Waals surface area contributed by atoms with Crippen LogP contribution in [0.15, 0.2) is 59.4 Å². The molecule has 1 aliphatic heterocycles. The second-order valence-electron chi connectivity index (χ2n) is 7.91. The van der Waals surface area contributed by atoms with Gasteiger partial charge in [0.15, 0.2) is 5.76 Å². The summed E-state index contributed by atoms with van der Waals surface area (Å²) < 4.78 is 16.8. The van der Waals surface area contributed by atoms with Crippen LogP contribution in [0.4, 0.5) is 0 Å². The SMILES string of the molecule is CC(C)Oc1ccc(Oc2ncc(-c3cc(C(C)N4C(=O)c5ccccc5C4=O)on3)s2)cn1. The van der Waals surface area contributed by atoms with Gasteiger partial charge < -0.3 is 14.0 Å². The molecule has 5 rings (SSSR count). The number of ether oxygens (including phenoxy) is 2. The van der Waals surface area contributed by atoms with E-state index in [0.717, 1.165) is 0 Å². The van der Waals surface area contributed by atoms with E-state index in [4.69, 9.17) is 14.0 Å². The summed E-state index contributed by atoms with van der Waals surface area (Å²) in [6.45, 7) is 5.59. The number of thiazole rings is 1. The Balaban J connectivity index is 1.29. The quantitative estimate of drug-likeness (QED) is 0.338. The van der Waals surface area contributed by atoms with Crippen LogP contribution in [0.3, 0.4) is 0 Å². The van der Waals surface area contributed by atoms with Crippen molar-refractivity contribution in [1.82, 2.24) is 20.0 Å². The number of carbonyl (C=O) groups is 2. The molecule has 1 unspecified atom stereocenters. The zero-order valence-corrected chi connectivity index (χ0v) is 19.4. The van der Waals surface area contributed by atoms with Gasteiger partial charge >= 0.3 is 0 Å². The van der Waals surface area contributed by atoms with Gasteiger partial charge in [-0.25, -0.2) is 9.97 Å². The maximum absolute atomic E-state index is 12.8. The Kier molecular flexibility index (Phi) is 5.58. The molecule has 0 bridgehead atoms. The number of rotatable bonds is 7. The summed E-state index contributed by atoms with van der Waals surface area (Å²) in [7, 11) is 0. The van der Waals surface area contributed by atoms with E-state index in [1.54, 1.807) is 61.8 Å². The van der Waals surface area contributed by atoms with Gasteiger partial charge in [-0.05, 0) is 39.0 Å². The summed E-state index contributed by atoms with van der Waals surface area (Å²) in [5, 5.41) is 4.51. The Morgan fingerprint density at radius 3 is 2.35 bits per heavy atom. The molecule has 172 valence electrons.